The fourth-order valence-corrected chi connectivity index (χ4v) is 2.19. The molecule has 1 aliphatic rings. The van der Waals surface area contributed by atoms with Crippen molar-refractivity contribution >= 4 is 11.6 Å². The molecule has 1 saturated carbocycles. The van der Waals surface area contributed by atoms with Crippen LogP contribution in [0.1, 0.15) is 39.0 Å². The van der Waals surface area contributed by atoms with E-state index in [0.717, 1.165) is 25.7 Å². The number of carbonyl (C=O) groups is 2. The van der Waals surface area contributed by atoms with Crippen molar-refractivity contribution in [3.63, 3.8) is 0 Å². The van der Waals surface area contributed by atoms with Crippen LogP contribution < -0.4 is 0 Å². The number of alkyl halides is 2. The van der Waals surface area contributed by atoms with Gasteiger partial charge in [0.25, 0.3) is 6.43 Å². The van der Waals surface area contributed by atoms with Gasteiger partial charge in [0.1, 0.15) is 5.78 Å². The van der Waals surface area contributed by atoms with Crippen molar-refractivity contribution in [2.75, 3.05) is 0 Å². The van der Waals surface area contributed by atoms with Gasteiger partial charge in [-0.25, -0.2) is 8.78 Å². The molecule has 0 bridgehead atoms. The highest BCUT2D eigenvalue weighted by Gasteiger charge is 2.35. The van der Waals surface area contributed by atoms with Crippen molar-refractivity contribution in [3.05, 3.63) is 0 Å². The van der Waals surface area contributed by atoms with Gasteiger partial charge in [-0.2, -0.15) is 0 Å². The standard InChI is InChI=1S/C11H16F2O2/c1-2-8(10(15)11(12)13)9(14)7-5-3-4-6-7/h7-8,11H,2-6H2,1H3. The van der Waals surface area contributed by atoms with Crippen LogP contribution in [0, 0.1) is 11.8 Å². The quantitative estimate of drug-likeness (QED) is 0.665. The summed E-state index contributed by atoms with van der Waals surface area (Å²) in [5, 5.41) is 0. The minimum absolute atomic E-state index is 0.155. The molecular formula is C11H16F2O2. The zero-order valence-corrected chi connectivity index (χ0v) is 8.84. The van der Waals surface area contributed by atoms with Crippen LogP contribution in [-0.4, -0.2) is 18.0 Å². The van der Waals surface area contributed by atoms with Crippen molar-refractivity contribution in [3.8, 4) is 0 Å². The molecule has 1 atom stereocenters. The maximum absolute atomic E-state index is 12.2. The van der Waals surface area contributed by atoms with Gasteiger partial charge in [-0.1, -0.05) is 19.8 Å². The zero-order valence-electron chi connectivity index (χ0n) is 8.84. The topological polar surface area (TPSA) is 34.1 Å². The van der Waals surface area contributed by atoms with Gasteiger partial charge in [-0.05, 0) is 19.3 Å². The normalized spacial score (nSPS) is 19.5. The van der Waals surface area contributed by atoms with Gasteiger partial charge in [0, 0.05) is 5.92 Å². The number of hydrogen-bond acceptors (Lipinski definition) is 2. The van der Waals surface area contributed by atoms with E-state index in [0.29, 0.717) is 0 Å². The molecule has 4 heteroatoms. The average Bonchev–Trinajstić information content (AvgIpc) is 2.71. The van der Waals surface area contributed by atoms with Gasteiger partial charge in [-0.3, -0.25) is 9.59 Å². The van der Waals surface area contributed by atoms with Crippen LogP contribution in [0.2, 0.25) is 0 Å². The van der Waals surface area contributed by atoms with Crippen LogP contribution in [0.4, 0.5) is 8.78 Å². The summed E-state index contributed by atoms with van der Waals surface area (Å²) in [6, 6.07) is 0. The van der Waals surface area contributed by atoms with Crippen molar-refractivity contribution in [2.45, 2.75) is 45.5 Å². The first-order chi connectivity index (χ1) is 7.07. The summed E-state index contributed by atoms with van der Waals surface area (Å²) in [4.78, 5) is 22.9. The van der Waals surface area contributed by atoms with E-state index >= 15 is 0 Å². The number of ketones is 2. The summed E-state index contributed by atoms with van der Waals surface area (Å²) < 4.78 is 24.4. The Bertz CT molecular complexity index is 245. The highest BCUT2D eigenvalue weighted by Crippen LogP contribution is 2.29. The Labute approximate surface area is 88.0 Å². The maximum atomic E-state index is 12.2. The van der Waals surface area contributed by atoms with Crippen LogP contribution in [0.15, 0.2) is 0 Å². The summed E-state index contributed by atoms with van der Waals surface area (Å²) in [6.07, 6.45) is 0.627. The lowest BCUT2D eigenvalue weighted by Crippen LogP contribution is -2.32. The Kier molecular flexibility index (Phi) is 4.36. The fraction of sp³-hybridized carbons (Fsp3) is 0.818. The average molecular weight is 218 g/mol. The molecule has 0 N–H and O–H groups in total. The lowest BCUT2D eigenvalue weighted by molar-refractivity contribution is -0.141. The third-order valence-electron chi connectivity index (χ3n) is 3.07. The minimum Gasteiger partial charge on any atom is -0.299 e. The van der Waals surface area contributed by atoms with Crippen molar-refractivity contribution in [2.24, 2.45) is 11.8 Å². The number of halogens is 2. The molecule has 2 nitrogen and oxygen atoms in total. The van der Waals surface area contributed by atoms with E-state index in [-0.39, 0.29) is 18.1 Å². The van der Waals surface area contributed by atoms with Gasteiger partial charge in [0.05, 0.1) is 5.92 Å². The second-order valence-electron chi connectivity index (χ2n) is 4.05. The summed E-state index contributed by atoms with van der Waals surface area (Å²) in [5.41, 5.74) is 0. The lowest BCUT2D eigenvalue weighted by atomic mass is 9.87. The molecule has 1 unspecified atom stereocenters. The molecular weight excluding hydrogens is 202 g/mol. The maximum Gasteiger partial charge on any atom is 0.296 e. The Morgan fingerprint density at radius 1 is 1.27 bits per heavy atom. The highest BCUT2D eigenvalue weighted by molar-refractivity contribution is 6.04. The van der Waals surface area contributed by atoms with Crippen LogP contribution in [0.25, 0.3) is 0 Å². The van der Waals surface area contributed by atoms with E-state index in [4.69, 9.17) is 0 Å². The molecule has 1 aliphatic carbocycles. The van der Waals surface area contributed by atoms with Gasteiger partial charge in [-0.15, -0.1) is 0 Å². The zero-order chi connectivity index (χ0) is 11.4. The molecule has 0 saturated heterocycles. The first kappa shape index (κ1) is 12.3. The molecule has 0 spiro atoms. The van der Waals surface area contributed by atoms with E-state index in [1.54, 1.807) is 6.92 Å². The number of rotatable bonds is 5. The van der Waals surface area contributed by atoms with E-state index in [2.05, 4.69) is 0 Å². The van der Waals surface area contributed by atoms with E-state index in [1.807, 2.05) is 0 Å². The number of Topliss-reactive ketones (excluding diaryl/α,β-unsaturated/α-hetero) is 2. The highest BCUT2D eigenvalue weighted by atomic mass is 19.3. The Balaban J connectivity index is 2.64. The van der Waals surface area contributed by atoms with Gasteiger partial charge in [0.15, 0.2) is 0 Å². The van der Waals surface area contributed by atoms with Gasteiger partial charge in [0.2, 0.25) is 5.78 Å². The smallest absolute Gasteiger partial charge is 0.296 e. The summed E-state index contributed by atoms with van der Waals surface area (Å²) in [7, 11) is 0. The number of carbonyl (C=O) groups excluding carboxylic acids is 2. The summed E-state index contributed by atoms with van der Waals surface area (Å²) in [6.45, 7) is 1.61. The lowest BCUT2D eigenvalue weighted by Gasteiger charge is -2.16. The van der Waals surface area contributed by atoms with E-state index in [1.165, 1.54) is 0 Å². The molecule has 1 rings (SSSR count). The van der Waals surface area contributed by atoms with Gasteiger partial charge < -0.3 is 0 Å². The molecule has 0 radical (unpaired) electrons. The molecule has 0 amide bonds. The molecule has 0 aromatic rings. The Morgan fingerprint density at radius 2 is 1.80 bits per heavy atom. The Hall–Kier alpha value is -0.800. The van der Waals surface area contributed by atoms with Crippen LogP contribution in [-0.2, 0) is 9.59 Å². The van der Waals surface area contributed by atoms with E-state index in [9.17, 15) is 18.4 Å². The van der Waals surface area contributed by atoms with Crippen molar-refractivity contribution in [1.82, 2.24) is 0 Å². The largest absolute Gasteiger partial charge is 0.299 e. The van der Waals surface area contributed by atoms with Gasteiger partial charge >= 0.3 is 0 Å². The fourth-order valence-electron chi connectivity index (χ4n) is 2.19. The summed E-state index contributed by atoms with van der Waals surface area (Å²) >= 11 is 0. The Morgan fingerprint density at radius 3 is 2.20 bits per heavy atom. The van der Waals surface area contributed by atoms with Crippen LogP contribution in [0.5, 0.6) is 0 Å². The number of hydrogen-bond donors (Lipinski definition) is 0. The van der Waals surface area contributed by atoms with Crippen LogP contribution >= 0.6 is 0 Å². The molecule has 0 aromatic heterocycles. The summed E-state index contributed by atoms with van der Waals surface area (Å²) in [5.74, 6) is -2.69. The monoisotopic (exact) mass is 218 g/mol. The molecule has 0 aromatic carbocycles. The molecule has 86 valence electrons. The predicted molar refractivity (Wildman–Crippen MR) is 51.8 cm³/mol. The first-order valence-corrected chi connectivity index (χ1v) is 5.43. The second kappa shape index (κ2) is 5.33. The van der Waals surface area contributed by atoms with Crippen molar-refractivity contribution in [1.29, 1.82) is 0 Å². The molecule has 0 aliphatic heterocycles. The minimum atomic E-state index is -3.01. The predicted octanol–water partition coefficient (Wildman–Crippen LogP) is 2.61. The first-order valence-electron chi connectivity index (χ1n) is 5.43. The van der Waals surface area contributed by atoms with Crippen molar-refractivity contribution < 1.29 is 18.4 Å². The molecule has 0 heterocycles. The second-order valence-corrected chi connectivity index (χ2v) is 4.05. The third-order valence-corrected chi connectivity index (χ3v) is 3.07. The molecule has 15 heavy (non-hydrogen) atoms. The molecule has 1 fully saturated rings. The SMILES string of the molecule is CCC(C(=O)C(F)F)C(=O)C1CCCC1. The third kappa shape index (κ3) is 2.83. The van der Waals surface area contributed by atoms with Crippen LogP contribution in [0.3, 0.4) is 0 Å². The van der Waals surface area contributed by atoms with E-state index < -0.39 is 18.1 Å².